The molecule has 21 heavy (non-hydrogen) atoms. The van der Waals surface area contributed by atoms with E-state index in [-0.39, 0.29) is 12.2 Å². The van der Waals surface area contributed by atoms with Crippen LogP contribution < -0.4 is 11.4 Å². The Morgan fingerprint density at radius 1 is 1.62 bits per heavy atom. The van der Waals surface area contributed by atoms with E-state index in [9.17, 15) is 13.6 Å². The van der Waals surface area contributed by atoms with Gasteiger partial charge in [0.25, 0.3) is 5.92 Å². The lowest BCUT2D eigenvalue weighted by Crippen LogP contribution is -2.35. The van der Waals surface area contributed by atoms with Gasteiger partial charge < -0.3 is 10.5 Å². The molecule has 0 amide bonds. The molecule has 2 N–H and O–H groups in total. The van der Waals surface area contributed by atoms with Gasteiger partial charge in [0, 0.05) is 12.6 Å². The zero-order chi connectivity index (χ0) is 16.0. The first kappa shape index (κ1) is 17.3. The van der Waals surface area contributed by atoms with Crippen LogP contribution in [-0.2, 0) is 4.74 Å². The minimum absolute atomic E-state index is 0.000366. The topological polar surface area (TPSA) is 70.1 Å². The zero-order valence-corrected chi connectivity index (χ0v) is 12.3. The van der Waals surface area contributed by atoms with Crippen LogP contribution in [0.4, 0.5) is 14.6 Å². The maximum atomic E-state index is 13.7. The highest BCUT2D eigenvalue weighted by molar-refractivity contribution is 5.23. The third kappa shape index (κ3) is 4.35. The lowest BCUT2D eigenvalue weighted by atomic mass is 10.1. The molecule has 118 valence electrons. The first-order chi connectivity index (χ1) is 9.85. The standard InChI is InChI=1S/C10H13F2N3O2.C4H8/c1-2-6-5-10(11,12)8(17-6)15-4-3-7(13)14-9(15)16;1-3-4-2/h3-4,6,8H,2,5H2,1H3,(H2,13,14,16);3H,1,4H2,2H3/t6?,8-;/m1./s1. The van der Waals surface area contributed by atoms with Crippen molar-refractivity contribution in [3.8, 4) is 0 Å². The van der Waals surface area contributed by atoms with Crippen molar-refractivity contribution in [1.29, 1.82) is 0 Å². The Kier molecular flexibility index (Phi) is 6.02. The molecular weight excluding hydrogens is 280 g/mol. The number of allylic oxidation sites excluding steroid dienone is 1. The molecule has 0 radical (unpaired) electrons. The molecule has 1 aliphatic rings. The summed E-state index contributed by atoms with van der Waals surface area (Å²) in [5, 5.41) is 0. The summed E-state index contributed by atoms with van der Waals surface area (Å²) in [6, 6.07) is 1.29. The van der Waals surface area contributed by atoms with Crippen LogP contribution in [0.2, 0.25) is 0 Å². The molecule has 0 saturated carbocycles. The van der Waals surface area contributed by atoms with E-state index in [1.54, 1.807) is 6.92 Å². The first-order valence-corrected chi connectivity index (χ1v) is 6.84. The van der Waals surface area contributed by atoms with E-state index < -0.39 is 23.9 Å². The largest absolute Gasteiger partial charge is 0.383 e. The number of halogens is 2. The molecule has 2 heterocycles. The molecule has 1 aliphatic heterocycles. The number of alkyl halides is 2. The van der Waals surface area contributed by atoms with Crippen LogP contribution in [0.25, 0.3) is 0 Å². The second-order valence-electron chi connectivity index (χ2n) is 4.72. The highest BCUT2D eigenvalue weighted by Gasteiger charge is 2.51. The summed E-state index contributed by atoms with van der Waals surface area (Å²) >= 11 is 0. The predicted octanol–water partition coefficient (Wildman–Crippen LogP) is 2.74. The Morgan fingerprint density at radius 3 is 2.67 bits per heavy atom. The van der Waals surface area contributed by atoms with E-state index in [1.807, 2.05) is 6.08 Å². The number of nitrogens with two attached hydrogens (primary N) is 1. The Balaban J connectivity index is 0.000000491. The molecule has 1 aromatic rings. The number of hydrogen-bond acceptors (Lipinski definition) is 4. The normalized spacial score (nSPS) is 23.2. The molecule has 2 atom stereocenters. The lowest BCUT2D eigenvalue weighted by Gasteiger charge is -2.19. The molecular formula is C14H21F2N3O2. The number of aromatic nitrogens is 2. The van der Waals surface area contributed by atoms with Gasteiger partial charge in [0.1, 0.15) is 5.82 Å². The number of hydrogen-bond donors (Lipinski definition) is 1. The van der Waals surface area contributed by atoms with Crippen molar-refractivity contribution in [2.24, 2.45) is 0 Å². The quantitative estimate of drug-likeness (QED) is 0.871. The van der Waals surface area contributed by atoms with Crippen molar-refractivity contribution in [3.63, 3.8) is 0 Å². The fourth-order valence-corrected chi connectivity index (χ4v) is 1.85. The number of nitrogen functional groups attached to an aromatic ring is 1. The third-order valence-corrected chi connectivity index (χ3v) is 3.03. The van der Waals surface area contributed by atoms with Crippen LogP contribution in [0.5, 0.6) is 0 Å². The summed E-state index contributed by atoms with van der Waals surface area (Å²) in [6.45, 7) is 7.30. The predicted molar refractivity (Wildman–Crippen MR) is 77.2 cm³/mol. The minimum atomic E-state index is -3.07. The summed E-state index contributed by atoms with van der Waals surface area (Å²) in [4.78, 5) is 14.9. The fraction of sp³-hybridized carbons (Fsp3) is 0.571. The SMILES string of the molecule is C=CCC.CCC1CC(F)(F)[C@H](n2ccc(N)nc2=O)O1. The van der Waals surface area contributed by atoms with Crippen molar-refractivity contribution in [3.05, 3.63) is 35.4 Å². The second kappa shape index (κ2) is 7.31. The molecule has 1 saturated heterocycles. The molecule has 2 rings (SSSR count). The molecule has 1 fully saturated rings. The van der Waals surface area contributed by atoms with Gasteiger partial charge in [0.2, 0.25) is 6.23 Å². The van der Waals surface area contributed by atoms with Gasteiger partial charge in [-0.25, -0.2) is 13.6 Å². The Hall–Kier alpha value is -1.76. The van der Waals surface area contributed by atoms with Crippen LogP contribution in [0.15, 0.2) is 29.7 Å². The molecule has 1 aromatic heterocycles. The van der Waals surface area contributed by atoms with E-state index in [0.717, 1.165) is 11.0 Å². The van der Waals surface area contributed by atoms with Gasteiger partial charge in [-0.2, -0.15) is 4.98 Å². The summed E-state index contributed by atoms with van der Waals surface area (Å²) in [7, 11) is 0. The van der Waals surface area contributed by atoms with E-state index in [4.69, 9.17) is 10.5 Å². The molecule has 0 spiro atoms. The molecule has 1 unspecified atom stereocenters. The Bertz CT molecular complexity index is 531. The number of nitrogens with zero attached hydrogens (tertiary/aromatic N) is 2. The zero-order valence-electron chi connectivity index (χ0n) is 12.3. The maximum Gasteiger partial charge on any atom is 0.351 e. The molecule has 5 nitrogen and oxygen atoms in total. The number of rotatable bonds is 3. The Morgan fingerprint density at radius 2 is 2.24 bits per heavy atom. The summed E-state index contributed by atoms with van der Waals surface area (Å²) in [5.41, 5.74) is 4.47. The summed E-state index contributed by atoms with van der Waals surface area (Å²) in [6.07, 6.45) is 2.10. The number of anilines is 1. The van der Waals surface area contributed by atoms with Crippen molar-refractivity contribution >= 4 is 5.82 Å². The molecule has 0 aromatic carbocycles. The van der Waals surface area contributed by atoms with Gasteiger partial charge in [-0.1, -0.05) is 19.9 Å². The van der Waals surface area contributed by atoms with Crippen molar-refractivity contribution in [2.45, 2.75) is 51.4 Å². The van der Waals surface area contributed by atoms with Crippen LogP contribution >= 0.6 is 0 Å². The molecule has 0 aliphatic carbocycles. The van der Waals surface area contributed by atoms with Crippen LogP contribution in [0, 0.1) is 0 Å². The third-order valence-electron chi connectivity index (χ3n) is 3.03. The molecule has 7 heteroatoms. The van der Waals surface area contributed by atoms with Crippen molar-refractivity contribution in [1.82, 2.24) is 9.55 Å². The van der Waals surface area contributed by atoms with Gasteiger partial charge in [-0.3, -0.25) is 4.57 Å². The van der Waals surface area contributed by atoms with Gasteiger partial charge >= 0.3 is 5.69 Å². The van der Waals surface area contributed by atoms with E-state index in [1.165, 1.54) is 12.3 Å². The Labute approximate surface area is 122 Å². The van der Waals surface area contributed by atoms with Gasteiger partial charge in [0.05, 0.1) is 6.10 Å². The summed E-state index contributed by atoms with van der Waals surface area (Å²) < 4.78 is 33.3. The van der Waals surface area contributed by atoms with Gasteiger partial charge in [-0.05, 0) is 18.9 Å². The minimum Gasteiger partial charge on any atom is -0.383 e. The monoisotopic (exact) mass is 301 g/mol. The second-order valence-corrected chi connectivity index (χ2v) is 4.72. The van der Waals surface area contributed by atoms with Gasteiger partial charge in [-0.15, -0.1) is 6.58 Å². The van der Waals surface area contributed by atoms with E-state index in [2.05, 4.69) is 18.5 Å². The maximum absolute atomic E-state index is 13.7. The first-order valence-electron chi connectivity index (χ1n) is 6.84. The smallest absolute Gasteiger partial charge is 0.351 e. The lowest BCUT2D eigenvalue weighted by molar-refractivity contribution is -0.117. The van der Waals surface area contributed by atoms with Gasteiger partial charge in [0.15, 0.2) is 0 Å². The number of ether oxygens (including phenoxy) is 1. The highest BCUT2D eigenvalue weighted by Crippen LogP contribution is 2.42. The van der Waals surface area contributed by atoms with Crippen molar-refractivity contribution in [2.75, 3.05) is 5.73 Å². The van der Waals surface area contributed by atoms with Crippen molar-refractivity contribution < 1.29 is 13.5 Å². The molecule has 0 bridgehead atoms. The van der Waals surface area contributed by atoms with Crippen LogP contribution in [-0.4, -0.2) is 21.6 Å². The van der Waals surface area contributed by atoms with Crippen LogP contribution in [0.3, 0.4) is 0 Å². The van der Waals surface area contributed by atoms with E-state index >= 15 is 0 Å². The highest BCUT2D eigenvalue weighted by atomic mass is 19.3. The average Bonchev–Trinajstić information content (AvgIpc) is 2.74. The van der Waals surface area contributed by atoms with Crippen LogP contribution in [0.1, 0.15) is 39.3 Å². The average molecular weight is 301 g/mol. The summed E-state index contributed by atoms with van der Waals surface area (Å²) in [5.74, 6) is -3.07. The van der Waals surface area contributed by atoms with E-state index in [0.29, 0.717) is 6.42 Å². The fourth-order valence-electron chi connectivity index (χ4n) is 1.85.